The highest BCUT2D eigenvalue weighted by Gasteiger charge is 2.18. The zero-order chi connectivity index (χ0) is 21.7. The molecule has 1 aliphatic rings. The van der Waals surface area contributed by atoms with Gasteiger partial charge in [0.05, 0.1) is 10.7 Å². The van der Waals surface area contributed by atoms with Gasteiger partial charge >= 0.3 is 0 Å². The van der Waals surface area contributed by atoms with Crippen LogP contribution in [0.25, 0.3) is 0 Å². The zero-order valence-corrected chi connectivity index (χ0v) is 19.1. The third-order valence-corrected chi connectivity index (χ3v) is 5.78. The lowest BCUT2D eigenvalue weighted by Gasteiger charge is -2.36. The summed E-state index contributed by atoms with van der Waals surface area (Å²) in [5.74, 6) is 0.466. The minimum Gasteiger partial charge on any atom is -0.484 e. The Kier molecular flexibility index (Phi) is 7.27. The fourth-order valence-electron chi connectivity index (χ4n) is 3.54. The maximum Gasteiger partial charge on any atom is 0.262 e. The molecule has 1 heterocycles. The van der Waals surface area contributed by atoms with Crippen molar-refractivity contribution in [2.75, 3.05) is 49.5 Å². The Morgan fingerprint density at radius 3 is 2.30 bits per heavy atom. The second-order valence-electron chi connectivity index (χ2n) is 8.70. The first-order chi connectivity index (χ1) is 14.3. The molecule has 0 radical (unpaired) electrons. The zero-order valence-electron chi connectivity index (χ0n) is 18.4. The highest BCUT2D eigenvalue weighted by atomic mass is 35.5. The topological polar surface area (TPSA) is 44.8 Å². The van der Waals surface area contributed by atoms with Gasteiger partial charge in [-0.1, -0.05) is 51.4 Å². The van der Waals surface area contributed by atoms with E-state index in [0.29, 0.717) is 16.5 Å². The van der Waals surface area contributed by atoms with Crippen LogP contribution in [0.1, 0.15) is 33.3 Å². The van der Waals surface area contributed by atoms with E-state index in [4.69, 9.17) is 16.3 Å². The van der Waals surface area contributed by atoms with E-state index < -0.39 is 0 Å². The van der Waals surface area contributed by atoms with Gasteiger partial charge in [-0.2, -0.15) is 0 Å². The Balaban J connectivity index is 1.52. The summed E-state index contributed by atoms with van der Waals surface area (Å²) in [6, 6.07) is 13.5. The molecule has 0 atom stereocenters. The quantitative estimate of drug-likeness (QED) is 0.716. The number of carbonyl (C=O) groups excluding carboxylic acids is 1. The summed E-state index contributed by atoms with van der Waals surface area (Å²) in [4.78, 5) is 17.0. The first-order valence-corrected chi connectivity index (χ1v) is 10.9. The van der Waals surface area contributed by atoms with E-state index in [9.17, 15) is 4.79 Å². The molecule has 30 heavy (non-hydrogen) atoms. The summed E-state index contributed by atoms with van der Waals surface area (Å²) in [7, 11) is 0. The molecule has 1 fully saturated rings. The summed E-state index contributed by atoms with van der Waals surface area (Å²) in [6.07, 6.45) is 0. The van der Waals surface area contributed by atoms with E-state index >= 15 is 0 Å². The van der Waals surface area contributed by atoms with E-state index in [2.05, 4.69) is 42.8 Å². The van der Waals surface area contributed by atoms with Gasteiger partial charge in [-0.05, 0) is 47.9 Å². The molecule has 2 aromatic carbocycles. The van der Waals surface area contributed by atoms with Crippen molar-refractivity contribution >= 4 is 28.9 Å². The number of hydrogen-bond donors (Lipinski definition) is 1. The Morgan fingerprint density at radius 1 is 1.07 bits per heavy atom. The Morgan fingerprint density at radius 2 is 1.73 bits per heavy atom. The lowest BCUT2D eigenvalue weighted by molar-refractivity contribution is -0.118. The molecule has 3 rings (SSSR count). The minimum atomic E-state index is -0.213. The summed E-state index contributed by atoms with van der Waals surface area (Å²) < 4.78 is 5.62. The van der Waals surface area contributed by atoms with E-state index in [1.54, 1.807) is 6.07 Å². The first kappa shape index (κ1) is 22.4. The van der Waals surface area contributed by atoms with Gasteiger partial charge in [-0.15, -0.1) is 0 Å². The largest absolute Gasteiger partial charge is 0.484 e. The van der Waals surface area contributed by atoms with Crippen molar-refractivity contribution in [2.45, 2.75) is 33.1 Å². The number of ether oxygens (including phenoxy) is 1. The third kappa shape index (κ3) is 5.89. The number of halogens is 1. The third-order valence-electron chi connectivity index (χ3n) is 5.48. The maximum atomic E-state index is 12.3. The Bertz CT molecular complexity index is 854. The fourth-order valence-corrected chi connectivity index (χ4v) is 3.84. The standard InChI is InChI=1S/C24H32ClN3O2/c1-5-27-12-14-28(15-13-27)22-11-8-19(16-21(22)25)26-23(29)17-30-20-9-6-18(7-10-20)24(2,3)4/h6-11,16H,5,12-15,17H2,1-4H3,(H,26,29). The predicted molar refractivity (Wildman–Crippen MR) is 125 cm³/mol. The van der Waals surface area contributed by atoms with Crippen molar-refractivity contribution in [2.24, 2.45) is 0 Å². The molecule has 1 N–H and O–H groups in total. The summed E-state index contributed by atoms with van der Waals surface area (Å²) in [5, 5.41) is 3.51. The molecule has 2 aromatic rings. The van der Waals surface area contributed by atoms with Gasteiger partial charge in [-0.25, -0.2) is 0 Å². The lowest BCUT2D eigenvalue weighted by atomic mass is 9.87. The molecule has 1 aliphatic heterocycles. The highest BCUT2D eigenvalue weighted by molar-refractivity contribution is 6.33. The molecule has 0 unspecified atom stereocenters. The van der Waals surface area contributed by atoms with Gasteiger partial charge in [0.25, 0.3) is 5.91 Å². The van der Waals surface area contributed by atoms with Gasteiger partial charge in [0.2, 0.25) is 0 Å². The molecule has 0 aromatic heterocycles. The smallest absolute Gasteiger partial charge is 0.262 e. The van der Waals surface area contributed by atoms with Gasteiger partial charge in [0, 0.05) is 31.9 Å². The number of piperazine rings is 1. The molecule has 162 valence electrons. The van der Waals surface area contributed by atoms with Crippen LogP contribution in [0, 0.1) is 0 Å². The average molecular weight is 430 g/mol. The normalized spacial score (nSPS) is 15.2. The average Bonchev–Trinajstić information content (AvgIpc) is 2.72. The minimum absolute atomic E-state index is 0.0484. The fraction of sp³-hybridized carbons (Fsp3) is 0.458. The van der Waals surface area contributed by atoms with Gasteiger partial charge in [0.15, 0.2) is 6.61 Å². The van der Waals surface area contributed by atoms with E-state index in [1.165, 1.54) is 5.56 Å². The van der Waals surface area contributed by atoms with Crippen LogP contribution in [-0.4, -0.2) is 50.1 Å². The van der Waals surface area contributed by atoms with Crippen LogP contribution in [0.5, 0.6) is 5.75 Å². The number of nitrogens with zero attached hydrogens (tertiary/aromatic N) is 2. The summed E-state index contributed by atoms with van der Waals surface area (Å²) in [5.41, 5.74) is 3.00. The van der Waals surface area contributed by atoms with E-state index in [0.717, 1.165) is 38.4 Å². The molecular formula is C24H32ClN3O2. The number of anilines is 2. The van der Waals surface area contributed by atoms with Crippen LogP contribution < -0.4 is 15.0 Å². The summed E-state index contributed by atoms with van der Waals surface area (Å²) >= 11 is 6.50. The Labute approximate surface area is 185 Å². The van der Waals surface area contributed by atoms with Crippen molar-refractivity contribution in [3.8, 4) is 5.75 Å². The van der Waals surface area contributed by atoms with Gasteiger partial charge in [0.1, 0.15) is 5.75 Å². The van der Waals surface area contributed by atoms with Crippen molar-refractivity contribution in [1.82, 2.24) is 4.90 Å². The second kappa shape index (κ2) is 9.71. The number of amides is 1. The highest BCUT2D eigenvalue weighted by Crippen LogP contribution is 2.30. The van der Waals surface area contributed by atoms with Crippen LogP contribution in [-0.2, 0) is 10.2 Å². The molecule has 0 aliphatic carbocycles. The number of rotatable bonds is 6. The SMILES string of the molecule is CCN1CCN(c2ccc(NC(=O)COc3ccc(C(C)(C)C)cc3)cc2Cl)CC1. The molecule has 0 bridgehead atoms. The van der Waals surface area contributed by atoms with Crippen LogP contribution in [0.3, 0.4) is 0 Å². The number of nitrogens with one attached hydrogen (secondary N) is 1. The number of likely N-dealkylation sites (N-methyl/N-ethyl adjacent to an activating group) is 1. The van der Waals surface area contributed by atoms with E-state index in [1.807, 2.05) is 36.4 Å². The first-order valence-electron chi connectivity index (χ1n) is 10.6. The molecule has 0 spiro atoms. The van der Waals surface area contributed by atoms with Crippen molar-refractivity contribution in [3.63, 3.8) is 0 Å². The predicted octanol–water partition coefficient (Wildman–Crippen LogP) is 4.80. The van der Waals surface area contributed by atoms with Crippen LogP contribution in [0.15, 0.2) is 42.5 Å². The van der Waals surface area contributed by atoms with Crippen LogP contribution in [0.2, 0.25) is 5.02 Å². The van der Waals surface area contributed by atoms with Crippen LogP contribution >= 0.6 is 11.6 Å². The van der Waals surface area contributed by atoms with Crippen molar-refractivity contribution in [3.05, 3.63) is 53.1 Å². The number of benzene rings is 2. The van der Waals surface area contributed by atoms with Gasteiger partial charge < -0.3 is 19.9 Å². The second-order valence-corrected chi connectivity index (χ2v) is 9.11. The molecule has 5 nitrogen and oxygen atoms in total. The van der Waals surface area contributed by atoms with E-state index in [-0.39, 0.29) is 17.9 Å². The van der Waals surface area contributed by atoms with Crippen molar-refractivity contribution < 1.29 is 9.53 Å². The van der Waals surface area contributed by atoms with Crippen LogP contribution in [0.4, 0.5) is 11.4 Å². The number of hydrogen-bond acceptors (Lipinski definition) is 4. The maximum absolute atomic E-state index is 12.3. The summed E-state index contributed by atoms with van der Waals surface area (Å²) in [6.45, 7) is 13.7. The number of carbonyl (C=O) groups is 1. The van der Waals surface area contributed by atoms with Gasteiger partial charge in [-0.3, -0.25) is 4.79 Å². The molecule has 1 amide bonds. The molecule has 0 saturated carbocycles. The lowest BCUT2D eigenvalue weighted by Crippen LogP contribution is -2.46. The monoisotopic (exact) mass is 429 g/mol. The Hall–Kier alpha value is -2.24. The molecule has 6 heteroatoms. The molecular weight excluding hydrogens is 398 g/mol. The molecule has 1 saturated heterocycles. The van der Waals surface area contributed by atoms with Crippen molar-refractivity contribution in [1.29, 1.82) is 0 Å².